The van der Waals surface area contributed by atoms with E-state index in [1.807, 2.05) is 18.2 Å². The number of nitrogens with one attached hydrogen (secondary N) is 1. The molecule has 0 saturated carbocycles. The van der Waals surface area contributed by atoms with Crippen LogP contribution in [0.15, 0.2) is 53.3 Å². The molecule has 0 atom stereocenters. The van der Waals surface area contributed by atoms with Gasteiger partial charge in [0, 0.05) is 37.3 Å². The fraction of sp³-hybridized carbons (Fsp3) is 0.250. The lowest BCUT2D eigenvalue weighted by Gasteiger charge is -2.36. The number of aromatic nitrogens is 2. The highest BCUT2D eigenvalue weighted by Gasteiger charge is 2.25. The first-order chi connectivity index (χ1) is 12.6. The number of aryl methyl sites for hydroxylation is 1. The number of H-pyrrole nitrogens is 1. The van der Waals surface area contributed by atoms with Crippen molar-refractivity contribution in [2.75, 3.05) is 31.1 Å². The second kappa shape index (κ2) is 6.63. The van der Waals surface area contributed by atoms with Gasteiger partial charge in [0.15, 0.2) is 0 Å². The molecule has 6 heteroatoms. The molecule has 6 nitrogen and oxygen atoms in total. The Labute approximate surface area is 151 Å². The van der Waals surface area contributed by atoms with Gasteiger partial charge in [-0.15, -0.1) is 0 Å². The minimum absolute atomic E-state index is 0.184. The van der Waals surface area contributed by atoms with Crippen LogP contribution in [0, 0.1) is 6.92 Å². The minimum Gasteiger partial charge on any atom is -0.368 e. The molecule has 132 valence electrons. The lowest BCUT2D eigenvalue weighted by Crippen LogP contribution is -2.49. The van der Waals surface area contributed by atoms with E-state index in [0.717, 1.165) is 13.1 Å². The van der Waals surface area contributed by atoms with E-state index in [1.54, 1.807) is 11.0 Å². The van der Waals surface area contributed by atoms with Crippen molar-refractivity contribution in [2.24, 2.45) is 0 Å². The van der Waals surface area contributed by atoms with Crippen molar-refractivity contribution < 1.29 is 4.79 Å². The van der Waals surface area contributed by atoms with Crippen LogP contribution in [0.3, 0.4) is 0 Å². The van der Waals surface area contributed by atoms with Crippen LogP contribution in [-0.2, 0) is 0 Å². The summed E-state index contributed by atoms with van der Waals surface area (Å²) in [6.07, 6.45) is 0. The Kier molecular flexibility index (Phi) is 4.16. The Morgan fingerprint density at radius 2 is 1.81 bits per heavy atom. The van der Waals surface area contributed by atoms with Gasteiger partial charge in [-0.05, 0) is 30.7 Å². The number of nitrogens with zero attached hydrogens (tertiary/aromatic N) is 3. The highest BCUT2D eigenvalue weighted by Crippen LogP contribution is 2.20. The number of carbonyl (C=O) groups is 1. The first-order valence-corrected chi connectivity index (χ1v) is 8.72. The van der Waals surface area contributed by atoms with Crippen LogP contribution in [0.2, 0.25) is 0 Å². The van der Waals surface area contributed by atoms with Crippen molar-refractivity contribution in [1.29, 1.82) is 0 Å². The molecule has 26 heavy (non-hydrogen) atoms. The summed E-state index contributed by atoms with van der Waals surface area (Å²) < 4.78 is 0. The Hall–Kier alpha value is -3.15. The van der Waals surface area contributed by atoms with E-state index >= 15 is 0 Å². The maximum atomic E-state index is 13.0. The summed E-state index contributed by atoms with van der Waals surface area (Å²) in [6.45, 7) is 4.81. The van der Waals surface area contributed by atoms with E-state index in [4.69, 9.17) is 0 Å². The van der Waals surface area contributed by atoms with Crippen molar-refractivity contribution >= 4 is 22.5 Å². The van der Waals surface area contributed by atoms with E-state index < -0.39 is 5.69 Å². The highest BCUT2D eigenvalue weighted by molar-refractivity contribution is 6.04. The number of fused-ring (bicyclic) bond motifs is 1. The first-order valence-electron chi connectivity index (χ1n) is 8.72. The molecule has 1 amide bonds. The molecule has 1 aliphatic heterocycles. The molecule has 3 aromatic rings. The molecule has 1 aromatic heterocycles. The normalized spacial score (nSPS) is 14.7. The molecule has 1 fully saturated rings. The van der Waals surface area contributed by atoms with Gasteiger partial charge in [0.25, 0.3) is 5.91 Å². The van der Waals surface area contributed by atoms with Gasteiger partial charge in [-0.1, -0.05) is 30.3 Å². The number of hydrogen-bond donors (Lipinski definition) is 1. The van der Waals surface area contributed by atoms with Crippen LogP contribution in [0.5, 0.6) is 0 Å². The van der Waals surface area contributed by atoms with Crippen LogP contribution in [0.1, 0.15) is 16.1 Å². The second-order valence-electron chi connectivity index (χ2n) is 6.55. The SMILES string of the molecule is Cc1cccc(N2CCN(C(=O)c3nc(=O)[nH]c4ccccc34)CC2)c1. The number of para-hydroxylation sites is 1. The first kappa shape index (κ1) is 16.3. The van der Waals surface area contributed by atoms with Gasteiger partial charge < -0.3 is 14.8 Å². The summed E-state index contributed by atoms with van der Waals surface area (Å²) in [5.74, 6) is -0.184. The second-order valence-corrected chi connectivity index (χ2v) is 6.55. The van der Waals surface area contributed by atoms with Crippen molar-refractivity contribution in [3.8, 4) is 0 Å². The Balaban J connectivity index is 1.55. The zero-order valence-corrected chi connectivity index (χ0v) is 14.6. The van der Waals surface area contributed by atoms with Crippen molar-refractivity contribution in [3.05, 3.63) is 70.3 Å². The Morgan fingerprint density at radius 3 is 2.58 bits per heavy atom. The summed E-state index contributed by atoms with van der Waals surface area (Å²) in [5.41, 5.74) is 2.77. The number of rotatable bonds is 2. The minimum atomic E-state index is -0.495. The standard InChI is InChI=1S/C20H20N4O2/c1-14-5-4-6-15(13-14)23-9-11-24(12-10-23)19(25)18-16-7-2-3-8-17(16)21-20(26)22-18/h2-8,13H,9-12H2,1H3,(H,21,22,26). The predicted octanol–water partition coefficient (Wildman–Crippen LogP) is 2.19. The molecule has 1 N–H and O–H groups in total. The number of piperazine rings is 1. The maximum Gasteiger partial charge on any atom is 0.346 e. The Bertz CT molecular complexity index is 1020. The van der Waals surface area contributed by atoms with Crippen molar-refractivity contribution in [2.45, 2.75) is 6.92 Å². The van der Waals surface area contributed by atoms with Gasteiger partial charge >= 0.3 is 5.69 Å². The quantitative estimate of drug-likeness (QED) is 0.771. The van der Waals surface area contributed by atoms with Gasteiger partial charge in [-0.3, -0.25) is 4.79 Å². The Morgan fingerprint density at radius 1 is 1.04 bits per heavy atom. The number of hydrogen-bond acceptors (Lipinski definition) is 4. The van der Waals surface area contributed by atoms with Gasteiger partial charge in [0.2, 0.25) is 0 Å². The van der Waals surface area contributed by atoms with E-state index in [9.17, 15) is 9.59 Å². The summed E-state index contributed by atoms with van der Waals surface area (Å²) in [7, 11) is 0. The van der Waals surface area contributed by atoms with E-state index in [2.05, 4.69) is 46.1 Å². The molecular weight excluding hydrogens is 328 g/mol. The number of carbonyl (C=O) groups excluding carboxylic acids is 1. The largest absolute Gasteiger partial charge is 0.368 e. The lowest BCUT2D eigenvalue weighted by molar-refractivity contribution is 0.0742. The topological polar surface area (TPSA) is 69.3 Å². The average molecular weight is 348 g/mol. The summed E-state index contributed by atoms with van der Waals surface area (Å²) in [5, 5.41) is 0.679. The molecule has 0 spiro atoms. The van der Waals surface area contributed by atoms with Crippen LogP contribution < -0.4 is 10.6 Å². The zero-order chi connectivity index (χ0) is 18.1. The third-order valence-electron chi connectivity index (χ3n) is 4.77. The molecule has 4 rings (SSSR count). The number of benzene rings is 2. The molecule has 0 aliphatic carbocycles. The summed E-state index contributed by atoms with van der Waals surface area (Å²) in [4.78, 5) is 35.5. The number of anilines is 1. The molecule has 0 bridgehead atoms. The fourth-order valence-electron chi connectivity index (χ4n) is 3.41. The van der Waals surface area contributed by atoms with Crippen molar-refractivity contribution in [1.82, 2.24) is 14.9 Å². The number of amides is 1. The third kappa shape index (κ3) is 3.06. The molecule has 1 aliphatic rings. The van der Waals surface area contributed by atoms with Crippen LogP contribution in [0.25, 0.3) is 10.9 Å². The van der Waals surface area contributed by atoms with Gasteiger partial charge in [0.05, 0.1) is 5.52 Å². The zero-order valence-electron chi connectivity index (χ0n) is 14.6. The third-order valence-corrected chi connectivity index (χ3v) is 4.77. The van der Waals surface area contributed by atoms with Crippen molar-refractivity contribution in [3.63, 3.8) is 0 Å². The molecule has 0 unspecified atom stereocenters. The average Bonchev–Trinajstić information content (AvgIpc) is 2.67. The van der Waals surface area contributed by atoms with Gasteiger partial charge in [-0.2, -0.15) is 4.98 Å². The van der Waals surface area contributed by atoms with E-state index in [-0.39, 0.29) is 11.6 Å². The molecule has 1 saturated heterocycles. The highest BCUT2D eigenvalue weighted by atomic mass is 16.2. The molecular formula is C20H20N4O2. The lowest BCUT2D eigenvalue weighted by atomic mass is 10.1. The van der Waals surface area contributed by atoms with Crippen LogP contribution in [0.4, 0.5) is 5.69 Å². The van der Waals surface area contributed by atoms with E-state index in [1.165, 1.54) is 11.3 Å². The molecule has 2 heterocycles. The van der Waals surface area contributed by atoms with E-state index in [0.29, 0.717) is 24.0 Å². The monoisotopic (exact) mass is 348 g/mol. The predicted molar refractivity (Wildman–Crippen MR) is 102 cm³/mol. The van der Waals surface area contributed by atoms with Crippen LogP contribution >= 0.6 is 0 Å². The van der Waals surface area contributed by atoms with Crippen LogP contribution in [-0.4, -0.2) is 47.0 Å². The van der Waals surface area contributed by atoms with Gasteiger partial charge in [-0.25, -0.2) is 4.79 Å². The smallest absolute Gasteiger partial charge is 0.346 e. The number of aromatic amines is 1. The molecule has 0 radical (unpaired) electrons. The maximum absolute atomic E-state index is 13.0. The summed E-state index contributed by atoms with van der Waals surface area (Å²) >= 11 is 0. The molecule has 2 aromatic carbocycles. The fourth-order valence-corrected chi connectivity index (χ4v) is 3.41. The summed E-state index contributed by atoms with van der Waals surface area (Å²) in [6, 6.07) is 15.6. The van der Waals surface area contributed by atoms with Gasteiger partial charge in [0.1, 0.15) is 5.69 Å².